The Kier molecular flexibility index (Phi) is 4.56. The zero-order valence-electron chi connectivity index (χ0n) is 12.7. The smallest absolute Gasteiger partial charge is 0.305 e. The summed E-state index contributed by atoms with van der Waals surface area (Å²) in [6, 6.07) is 5.18. The van der Waals surface area contributed by atoms with E-state index in [1.807, 2.05) is 6.07 Å². The summed E-state index contributed by atoms with van der Waals surface area (Å²) in [7, 11) is 0. The molecule has 1 atom stereocenters. The van der Waals surface area contributed by atoms with Crippen molar-refractivity contribution in [1.82, 2.24) is 4.90 Å². The second-order valence-electron chi connectivity index (χ2n) is 6.46. The summed E-state index contributed by atoms with van der Waals surface area (Å²) in [5, 5.41) is 9.99. The Balaban J connectivity index is 1.88. The Morgan fingerprint density at radius 3 is 2.52 bits per heavy atom. The van der Waals surface area contributed by atoms with E-state index in [9.17, 15) is 9.59 Å². The molecule has 0 aromatic heterocycles. The molecular formula is C17H19Cl2NO3. The molecule has 6 heteroatoms. The fourth-order valence-electron chi connectivity index (χ4n) is 3.74. The number of nitrogens with zero attached hydrogens (tertiary/aromatic N) is 1. The second-order valence-corrected chi connectivity index (χ2v) is 7.27. The molecule has 1 saturated carbocycles. The molecule has 4 nitrogen and oxygen atoms in total. The van der Waals surface area contributed by atoms with Crippen molar-refractivity contribution in [3.63, 3.8) is 0 Å². The zero-order chi connectivity index (χ0) is 16.6. The van der Waals surface area contributed by atoms with Gasteiger partial charge in [0.2, 0.25) is 5.91 Å². The number of hydrogen-bond acceptors (Lipinski definition) is 2. The molecule has 0 bridgehead atoms. The standard InChI is InChI=1S/C17H19Cl2NO3/c18-13-5-4-11(9-14(13)19)17(6-2-7-17)16(23)20-8-1-3-12(20)10-15(21)22/h4-5,9,12H,1-3,6-8,10H2,(H,21,22). The van der Waals surface area contributed by atoms with Crippen molar-refractivity contribution in [2.75, 3.05) is 6.54 Å². The van der Waals surface area contributed by atoms with Crippen LogP contribution in [0.1, 0.15) is 44.1 Å². The first kappa shape index (κ1) is 16.6. The lowest BCUT2D eigenvalue weighted by atomic mass is 9.63. The van der Waals surface area contributed by atoms with Crippen LogP contribution in [0, 0.1) is 0 Å². The van der Waals surface area contributed by atoms with Crippen LogP contribution < -0.4 is 0 Å². The van der Waals surface area contributed by atoms with Crippen molar-refractivity contribution in [1.29, 1.82) is 0 Å². The summed E-state index contributed by atoms with van der Waals surface area (Å²) in [6.07, 6.45) is 4.18. The van der Waals surface area contributed by atoms with E-state index in [0.29, 0.717) is 16.6 Å². The van der Waals surface area contributed by atoms with Gasteiger partial charge in [-0.1, -0.05) is 35.7 Å². The maximum absolute atomic E-state index is 13.2. The van der Waals surface area contributed by atoms with Crippen LogP contribution in [0.4, 0.5) is 0 Å². The van der Waals surface area contributed by atoms with Crippen LogP contribution in [0.15, 0.2) is 18.2 Å². The van der Waals surface area contributed by atoms with Gasteiger partial charge in [-0.25, -0.2) is 0 Å². The molecule has 1 amide bonds. The first-order valence-corrected chi connectivity index (χ1v) is 8.68. The molecule has 1 heterocycles. The van der Waals surface area contributed by atoms with Gasteiger partial charge in [-0.2, -0.15) is 0 Å². The maximum Gasteiger partial charge on any atom is 0.305 e. The van der Waals surface area contributed by atoms with E-state index in [4.69, 9.17) is 28.3 Å². The summed E-state index contributed by atoms with van der Waals surface area (Å²) in [4.78, 5) is 26.0. The first-order valence-electron chi connectivity index (χ1n) is 7.92. The van der Waals surface area contributed by atoms with Crippen LogP contribution in [0.2, 0.25) is 10.0 Å². The molecule has 23 heavy (non-hydrogen) atoms. The quantitative estimate of drug-likeness (QED) is 0.891. The van der Waals surface area contributed by atoms with Crippen LogP contribution >= 0.6 is 23.2 Å². The van der Waals surface area contributed by atoms with Gasteiger partial charge in [0, 0.05) is 12.6 Å². The van der Waals surface area contributed by atoms with Crippen LogP contribution in [0.5, 0.6) is 0 Å². The summed E-state index contributed by atoms with van der Waals surface area (Å²) in [5.41, 5.74) is 0.333. The van der Waals surface area contributed by atoms with E-state index in [0.717, 1.165) is 37.7 Å². The summed E-state index contributed by atoms with van der Waals surface area (Å²) in [5.74, 6) is -0.808. The molecule has 2 aliphatic rings. The van der Waals surface area contributed by atoms with Crippen molar-refractivity contribution in [2.45, 2.75) is 50.0 Å². The minimum absolute atomic E-state index is 0.0171. The molecular weight excluding hydrogens is 337 g/mol. The van der Waals surface area contributed by atoms with Gasteiger partial charge in [0.25, 0.3) is 0 Å². The highest BCUT2D eigenvalue weighted by molar-refractivity contribution is 6.42. The number of carboxylic acids is 1. The van der Waals surface area contributed by atoms with Gasteiger partial charge in [0.05, 0.1) is 21.9 Å². The van der Waals surface area contributed by atoms with E-state index in [1.165, 1.54) is 0 Å². The minimum atomic E-state index is -0.855. The lowest BCUT2D eigenvalue weighted by Crippen LogP contribution is -2.52. The van der Waals surface area contributed by atoms with Crippen molar-refractivity contribution in [2.24, 2.45) is 0 Å². The monoisotopic (exact) mass is 355 g/mol. The maximum atomic E-state index is 13.2. The van der Waals surface area contributed by atoms with Gasteiger partial charge in [-0.3, -0.25) is 9.59 Å². The Labute approximate surface area is 145 Å². The number of carbonyl (C=O) groups is 2. The van der Waals surface area contributed by atoms with E-state index >= 15 is 0 Å². The molecule has 124 valence electrons. The average molecular weight is 356 g/mol. The van der Waals surface area contributed by atoms with Crippen molar-refractivity contribution in [3.05, 3.63) is 33.8 Å². The number of amides is 1. The van der Waals surface area contributed by atoms with Crippen molar-refractivity contribution in [3.8, 4) is 0 Å². The second kappa shape index (κ2) is 6.33. The molecule has 2 fully saturated rings. The molecule has 1 N–H and O–H groups in total. The summed E-state index contributed by atoms with van der Waals surface area (Å²) >= 11 is 12.1. The van der Waals surface area contributed by atoms with E-state index in [2.05, 4.69) is 0 Å². The first-order chi connectivity index (χ1) is 10.9. The molecule has 1 aliphatic carbocycles. The molecule has 1 aromatic carbocycles. The fourth-order valence-corrected chi connectivity index (χ4v) is 4.04. The number of halogens is 2. The number of carbonyl (C=O) groups excluding carboxylic acids is 1. The third-order valence-electron chi connectivity index (χ3n) is 5.14. The molecule has 1 aromatic rings. The highest BCUT2D eigenvalue weighted by atomic mass is 35.5. The molecule has 1 aliphatic heterocycles. The van der Waals surface area contributed by atoms with Crippen LogP contribution in [0.3, 0.4) is 0 Å². The van der Waals surface area contributed by atoms with Crippen LogP contribution in [-0.2, 0) is 15.0 Å². The SMILES string of the molecule is O=C(O)CC1CCCN1C(=O)C1(c2ccc(Cl)c(Cl)c2)CCC1. The summed E-state index contributed by atoms with van der Waals surface area (Å²) < 4.78 is 0. The number of rotatable bonds is 4. The van der Waals surface area contributed by atoms with Crippen LogP contribution in [-0.4, -0.2) is 34.5 Å². The predicted molar refractivity (Wildman–Crippen MR) is 89.0 cm³/mol. The number of aliphatic carboxylic acids is 1. The number of likely N-dealkylation sites (tertiary alicyclic amines) is 1. The van der Waals surface area contributed by atoms with Crippen LogP contribution in [0.25, 0.3) is 0 Å². The highest BCUT2D eigenvalue weighted by Gasteiger charge is 2.49. The lowest BCUT2D eigenvalue weighted by molar-refractivity contribution is -0.144. The average Bonchev–Trinajstić information content (AvgIpc) is 2.88. The predicted octanol–water partition coefficient (Wildman–Crippen LogP) is 3.88. The number of carboxylic acid groups (broad SMARTS) is 1. The number of hydrogen-bond donors (Lipinski definition) is 1. The van der Waals surface area contributed by atoms with Gasteiger partial charge in [-0.05, 0) is 43.4 Å². The largest absolute Gasteiger partial charge is 0.481 e. The molecule has 1 unspecified atom stereocenters. The van der Waals surface area contributed by atoms with E-state index in [1.54, 1.807) is 17.0 Å². The topological polar surface area (TPSA) is 57.6 Å². The Bertz CT molecular complexity index is 643. The van der Waals surface area contributed by atoms with E-state index in [-0.39, 0.29) is 18.4 Å². The Morgan fingerprint density at radius 1 is 1.22 bits per heavy atom. The Hall–Kier alpha value is -1.26. The molecule has 0 radical (unpaired) electrons. The Morgan fingerprint density at radius 2 is 1.96 bits per heavy atom. The van der Waals surface area contributed by atoms with Crippen molar-refractivity contribution >= 4 is 35.1 Å². The molecule has 0 spiro atoms. The summed E-state index contributed by atoms with van der Waals surface area (Å²) in [6.45, 7) is 0.639. The van der Waals surface area contributed by atoms with Gasteiger partial charge >= 0.3 is 5.97 Å². The fraction of sp³-hybridized carbons (Fsp3) is 0.529. The third kappa shape index (κ3) is 2.94. The van der Waals surface area contributed by atoms with E-state index < -0.39 is 11.4 Å². The molecule has 1 saturated heterocycles. The lowest BCUT2D eigenvalue weighted by Gasteiger charge is -2.44. The van der Waals surface area contributed by atoms with Crippen molar-refractivity contribution < 1.29 is 14.7 Å². The minimum Gasteiger partial charge on any atom is -0.481 e. The highest BCUT2D eigenvalue weighted by Crippen LogP contribution is 2.47. The van der Waals surface area contributed by atoms with Gasteiger partial charge in [0.1, 0.15) is 0 Å². The number of benzene rings is 1. The van der Waals surface area contributed by atoms with Gasteiger partial charge in [-0.15, -0.1) is 0 Å². The van der Waals surface area contributed by atoms with Gasteiger partial charge < -0.3 is 10.0 Å². The van der Waals surface area contributed by atoms with Gasteiger partial charge in [0.15, 0.2) is 0 Å². The third-order valence-corrected chi connectivity index (χ3v) is 5.88. The zero-order valence-corrected chi connectivity index (χ0v) is 14.2. The normalized spacial score (nSPS) is 22.7. The molecule has 3 rings (SSSR count).